The Kier molecular flexibility index (Phi) is 13.4. The van der Waals surface area contributed by atoms with Crippen molar-refractivity contribution in [3.05, 3.63) is 87.4 Å². The van der Waals surface area contributed by atoms with E-state index < -0.39 is 0 Å². The zero-order valence-corrected chi connectivity index (χ0v) is 25.7. The van der Waals surface area contributed by atoms with Crippen molar-refractivity contribution >= 4 is 46.4 Å². The van der Waals surface area contributed by atoms with Gasteiger partial charge < -0.3 is 24.8 Å². The van der Waals surface area contributed by atoms with E-state index in [-0.39, 0.29) is 18.4 Å². The van der Waals surface area contributed by atoms with E-state index in [1.165, 1.54) is 0 Å². The average molecular weight is 616 g/mol. The van der Waals surface area contributed by atoms with Crippen molar-refractivity contribution in [3.8, 4) is 6.07 Å². The van der Waals surface area contributed by atoms with Crippen molar-refractivity contribution in [2.45, 2.75) is 52.2 Å². The molecule has 218 valence electrons. The number of nitrogens with one attached hydrogen (secondary N) is 2. The van der Waals surface area contributed by atoms with Gasteiger partial charge in [0.15, 0.2) is 5.11 Å². The first-order chi connectivity index (χ1) is 19.8. The molecule has 0 bridgehead atoms. The van der Waals surface area contributed by atoms with E-state index in [9.17, 15) is 4.79 Å². The van der Waals surface area contributed by atoms with Gasteiger partial charge in [0.2, 0.25) is 5.91 Å². The van der Waals surface area contributed by atoms with E-state index in [0.717, 1.165) is 23.2 Å². The Morgan fingerprint density at radius 2 is 2.00 bits per heavy atom. The van der Waals surface area contributed by atoms with Crippen LogP contribution in [0.15, 0.2) is 55.0 Å². The summed E-state index contributed by atoms with van der Waals surface area (Å²) in [6.45, 7) is 7.50. The standard InChI is InChI=1S/C30H36Cl2N6O2S/c1-3-25(36-28(39)15-26-17-34-21-38(26)18-23-11-9-22(16-33)10-12-23)20-37(30(41)35-13-6-14-40-4-2)19-24-7-5-8-27(31)29(24)32/h5,7-12,17,21,25H,3-4,6,13-15,18-20H2,1-2H3,(H,35,41)(H,36,39)/t25-/m0/s1. The van der Waals surface area contributed by atoms with Crippen LogP contribution < -0.4 is 10.6 Å². The number of benzene rings is 2. The minimum atomic E-state index is -0.154. The highest BCUT2D eigenvalue weighted by Crippen LogP contribution is 2.26. The monoisotopic (exact) mass is 614 g/mol. The molecule has 1 aromatic heterocycles. The molecule has 0 saturated carbocycles. The molecule has 3 rings (SSSR count). The van der Waals surface area contributed by atoms with Crippen molar-refractivity contribution in [1.82, 2.24) is 25.1 Å². The Labute approximate surface area is 257 Å². The van der Waals surface area contributed by atoms with E-state index in [0.29, 0.717) is 66.5 Å². The molecular formula is C30H36Cl2N6O2S. The van der Waals surface area contributed by atoms with Gasteiger partial charge in [0.1, 0.15) is 0 Å². The summed E-state index contributed by atoms with van der Waals surface area (Å²) in [6.07, 6.45) is 5.14. The van der Waals surface area contributed by atoms with Crippen LogP contribution in [0.1, 0.15) is 49.1 Å². The number of rotatable bonds is 15. The lowest BCUT2D eigenvalue weighted by Crippen LogP contribution is -2.48. The van der Waals surface area contributed by atoms with Crippen LogP contribution in [-0.2, 0) is 29.0 Å². The van der Waals surface area contributed by atoms with Crippen LogP contribution in [0.25, 0.3) is 0 Å². The molecule has 0 spiro atoms. The predicted octanol–water partition coefficient (Wildman–Crippen LogP) is 5.35. The summed E-state index contributed by atoms with van der Waals surface area (Å²) in [6, 6.07) is 14.9. The minimum absolute atomic E-state index is 0.102. The fraction of sp³-hybridized carbons (Fsp3) is 0.400. The summed E-state index contributed by atoms with van der Waals surface area (Å²) >= 11 is 18.5. The summed E-state index contributed by atoms with van der Waals surface area (Å²) < 4.78 is 7.37. The maximum atomic E-state index is 13.1. The summed E-state index contributed by atoms with van der Waals surface area (Å²) in [7, 11) is 0. The number of carbonyl (C=O) groups excluding carboxylic acids is 1. The highest BCUT2D eigenvalue weighted by Gasteiger charge is 2.20. The zero-order valence-electron chi connectivity index (χ0n) is 23.4. The molecule has 0 saturated heterocycles. The number of nitriles is 1. The van der Waals surface area contributed by atoms with Gasteiger partial charge in [-0.05, 0) is 61.3 Å². The second-order valence-electron chi connectivity index (χ2n) is 9.55. The van der Waals surface area contributed by atoms with Gasteiger partial charge in [-0.3, -0.25) is 4.79 Å². The van der Waals surface area contributed by atoms with Crippen LogP contribution in [0.4, 0.5) is 0 Å². The molecule has 0 unspecified atom stereocenters. The zero-order chi connectivity index (χ0) is 29.6. The van der Waals surface area contributed by atoms with Crippen LogP contribution in [0, 0.1) is 11.3 Å². The van der Waals surface area contributed by atoms with Crippen molar-refractivity contribution in [2.75, 3.05) is 26.3 Å². The predicted molar refractivity (Wildman–Crippen MR) is 167 cm³/mol. The maximum Gasteiger partial charge on any atom is 0.226 e. The van der Waals surface area contributed by atoms with Gasteiger partial charge >= 0.3 is 0 Å². The molecule has 0 aliphatic carbocycles. The molecule has 0 aliphatic heterocycles. The molecule has 3 aromatic rings. The lowest BCUT2D eigenvalue weighted by Gasteiger charge is -2.30. The maximum absolute atomic E-state index is 13.1. The number of nitrogens with zero attached hydrogens (tertiary/aromatic N) is 4. The molecule has 11 heteroatoms. The molecule has 41 heavy (non-hydrogen) atoms. The van der Waals surface area contributed by atoms with Gasteiger partial charge in [0.05, 0.1) is 34.4 Å². The summed E-state index contributed by atoms with van der Waals surface area (Å²) in [5, 5.41) is 17.1. The Morgan fingerprint density at radius 1 is 1.22 bits per heavy atom. The second kappa shape index (κ2) is 16.9. The van der Waals surface area contributed by atoms with E-state index in [1.807, 2.05) is 47.6 Å². The van der Waals surface area contributed by atoms with Crippen LogP contribution in [0.3, 0.4) is 0 Å². The molecule has 0 fully saturated rings. The first-order valence-electron chi connectivity index (χ1n) is 13.6. The molecular weight excluding hydrogens is 579 g/mol. The third-order valence-corrected chi connectivity index (χ3v) is 7.76. The SMILES string of the molecule is CCOCCCNC(=S)N(Cc1cccc(Cl)c1Cl)C[C@H](CC)NC(=O)Cc1cncn1Cc1ccc(C#N)cc1. The van der Waals surface area contributed by atoms with Crippen LogP contribution in [-0.4, -0.2) is 57.8 Å². The Morgan fingerprint density at radius 3 is 2.71 bits per heavy atom. The van der Waals surface area contributed by atoms with E-state index in [2.05, 4.69) is 21.7 Å². The topological polar surface area (TPSA) is 95.2 Å². The quantitative estimate of drug-likeness (QED) is 0.176. The number of hydrogen-bond donors (Lipinski definition) is 2. The Bertz CT molecular complexity index is 1330. The fourth-order valence-corrected chi connectivity index (χ4v) is 4.85. The number of thiocarbonyl (C=S) groups is 1. The number of amides is 1. The van der Waals surface area contributed by atoms with Gasteiger partial charge in [-0.1, -0.05) is 54.4 Å². The molecule has 0 aliphatic rings. The lowest BCUT2D eigenvalue weighted by atomic mass is 10.1. The second-order valence-corrected chi connectivity index (χ2v) is 10.7. The van der Waals surface area contributed by atoms with Crippen LogP contribution in [0.5, 0.6) is 0 Å². The van der Waals surface area contributed by atoms with E-state index >= 15 is 0 Å². The largest absolute Gasteiger partial charge is 0.382 e. The highest BCUT2D eigenvalue weighted by atomic mass is 35.5. The normalized spacial score (nSPS) is 11.5. The third kappa shape index (κ3) is 10.3. The molecule has 2 aromatic carbocycles. The van der Waals surface area contributed by atoms with Gasteiger partial charge in [-0.25, -0.2) is 4.98 Å². The van der Waals surface area contributed by atoms with Crippen molar-refractivity contribution in [3.63, 3.8) is 0 Å². The number of halogens is 2. The molecule has 0 radical (unpaired) electrons. The molecule has 1 heterocycles. The summed E-state index contributed by atoms with van der Waals surface area (Å²) in [5.74, 6) is -0.102. The third-order valence-electron chi connectivity index (χ3n) is 6.50. The van der Waals surface area contributed by atoms with E-state index in [4.69, 9.17) is 45.4 Å². The summed E-state index contributed by atoms with van der Waals surface area (Å²) in [5.41, 5.74) is 3.28. The smallest absolute Gasteiger partial charge is 0.226 e. The first-order valence-corrected chi connectivity index (χ1v) is 14.8. The van der Waals surface area contributed by atoms with Gasteiger partial charge in [-0.2, -0.15) is 5.26 Å². The van der Waals surface area contributed by atoms with Crippen LogP contribution in [0.2, 0.25) is 10.0 Å². The molecule has 2 N–H and O–H groups in total. The molecule has 8 nitrogen and oxygen atoms in total. The fourth-order valence-electron chi connectivity index (χ4n) is 4.23. The van der Waals surface area contributed by atoms with Crippen molar-refractivity contribution in [1.29, 1.82) is 5.26 Å². The van der Waals surface area contributed by atoms with E-state index in [1.54, 1.807) is 30.7 Å². The first kappa shape index (κ1) is 32.4. The average Bonchev–Trinajstić information content (AvgIpc) is 3.40. The van der Waals surface area contributed by atoms with Gasteiger partial charge in [0, 0.05) is 57.3 Å². The molecule has 1 atom stereocenters. The van der Waals surface area contributed by atoms with Gasteiger partial charge in [-0.15, -0.1) is 0 Å². The lowest BCUT2D eigenvalue weighted by molar-refractivity contribution is -0.121. The van der Waals surface area contributed by atoms with Gasteiger partial charge in [0.25, 0.3) is 0 Å². The van der Waals surface area contributed by atoms with Crippen molar-refractivity contribution in [2.24, 2.45) is 0 Å². The molecule has 1 amide bonds. The number of hydrogen-bond acceptors (Lipinski definition) is 5. The number of aromatic nitrogens is 2. The Balaban J connectivity index is 1.65. The van der Waals surface area contributed by atoms with Crippen molar-refractivity contribution < 1.29 is 9.53 Å². The number of ether oxygens (including phenoxy) is 1. The number of imidazole rings is 1. The minimum Gasteiger partial charge on any atom is -0.382 e. The van der Waals surface area contributed by atoms with Crippen LogP contribution >= 0.6 is 35.4 Å². The Hall–Kier alpha value is -3.16. The summed E-state index contributed by atoms with van der Waals surface area (Å²) in [4.78, 5) is 19.4. The highest BCUT2D eigenvalue weighted by molar-refractivity contribution is 7.80. The number of carbonyl (C=O) groups is 1.